The highest BCUT2D eigenvalue weighted by Gasteiger charge is 2.37. The van der Waals surface area contributed by atoms with Crippen molar-refractivity contribution in [3.8, 4) is 5.75 Å². The minimum absolute atomic E-state index is 0.0268. The van der Waals surface area contributed by atoms with E-state index in [1.807, 2.05) is 48.5 Å². The summed E-state index contributed by atoms with van der Waals surface area (Å²) in [6.45, 7) is 4.24. The number of hydrogen-bond donors (Lipinski definition) is 2. The SMILES string of the molecule is C[C@@H]1CN(c2ccc(OCCO)cc2)[C@H](c2ccc(Cl)cc2)CN1C[C@](O)(I)c1ccc(F)cc1. The molecule has 8 heteroatoms. The lowest BCUT2D eigenvalue weighted by Gasteiger charge is -2.48. The summed E-state index contributed by atoms with van der Waals surface area (Å²) in [5, 5.41) is 21.0. The first kappa shape index (κ1) is 26.2. The Bertz CT molecular complexity index is 1100. The zero-order valence-corrected chi connectivity index (χ0v) is 22.4. The van der Waals surface area contributed by atoms with Crippen LogP contribution in [-0.4, -0.2) is 54.0 Å². The number of anilines is 1. The zero-order chi connectivity index (χ0) is 25.0. The Hall–Kier alpha value is -1.91. The van der Waals surface area contributed by atoms with E-state index < -0.39 is 3.61 Å². The summed E-state index contributed by atoms with van der Waals surface area (Å²) < 4.78 is 17.8. The monoisotopic (exact) mass is 610 g/mol. The number of ether oxygens (including phenoxy) is 1. The summed E-state index contributed by atoms with van der Waals surface area (Å²) in [5.41, 5.74) is 2.87. The number of aliphatic hydroxyl groups is 2. The highest BCUT2D eigenvalue weighted by Crippen LogP contribution is 2.37. The van der Waals surface area contributed by atoms with Gasteiger partial charge in [0.2, 0.25) is 0 Å². The molecule has 1 aliphatic rings. The first-order valence-electron chi connectivity index (χ1n) is 11.5. The lowest BCUT2D eigenvalue weighted by Crippen LogP contribution is -2.56. The van der Waals surface area contributed by atoms with Crippen LogP contribution in [0.5, 0.6) is 5.75 Å². The van der Waals surface area contributed by atoms with Crippen molar-refractivity contribution >= 4 is 39.9 Å². The molecule has 3 aromatic rings. The van der Waals surface area contributed by atoms with E-state index in [1.165, 1.54) is 12.1 Å². The molecule has 1 aliphatic heterocycles. The molecule has 0 radical (unpaired) electrons. The molecule has 0 amide bonds. The average molecular weight is 611 g/mol. The molecule has 0 unspecified atom stereocenters. The van der Waals surface area contributed by atoms with Crippen molar-refractivity contribution in [3.63, 3.8) is 0 Å². The van der Waals surface area contributed by atoms with Crippen molar-refractivity contribution in [2.45, 2.75) is 22.6 Å². The number of hydrogen-bond acceptors (Lipinski definition) is 5. The Kier molecular flexibility index (Phi) is 8.54. The van der Waals surface area contributed by atoms with E-state index in [1.54, 1.807) is 12.1 Å². The lowest BCUT2D eigenvalue weighted by molar-refractivity contribution is 0.0619. The lowest BCUT2D eigenvalue weighted by atomic mass is 9.97. The maximum atomic E-state index is 13.4. The Labute approximate surface area is 224 Å². The van der Waals surface area contributed by atoms with E-state index in [0.717, 1.165) is 17.8 Å². The van der Waals surface area contributed by atoms with Gasteiger partial charge in [0.1, 0.15) is 18.2 Å². The number of alkyl halides is 1. The number of β-amino-alcohol motifs (C(OH)–C–C–N with tert-alkyl or cyclic N) is 1. The Balaban J connectivity index is 1.59. The molecule has 1 saturated heterocycles. The molecule has 4 rings (SSSR count). The Morgan fingerprint density at radius 1 is 1.03 bits per heavy atom. The average Bonchev–Trinajstić information content (AvgIpc) is 2.85. The third-order valence-corrected chi connectivity index (χ3v) is 7.57. The summed E-state index contributed by atoms with van der Waals surface area (Å²) in [4.78, 5) is 4.65. The topological polar surface area (TPSA) is 56.2 Å². The molecular formula is C27H29ClFIN2O3. The van der Waals surface area contributed by atoms with Gasteiger partial charge in [0.25, 0.3) is 0 Å². The highest BCUT2D eigenvalue weighted by atomic mass is 127. The smallest absolute Gasteiger partial charge is 0.153 e. The summed E-state index contributed by atoms with van der Waals surface area (Å²) in [5.74, 6) is 0.394. The zero-order valence-electron chi connectivity index (χ0n) is 19.4. The number of piperazine rings is 1. The van der Waals surface area contributed by atoms with Crippen molar-refractivity contribution in [3.05, 3.63) is 94.8 Å². The van der Waals surface area contributed by atoms with Crippen LogP contribution < -0.4 is 9.64 Å². The second kappa shape index (κ2) is 11.4. The summed E-state index contributed by atoms with van der Waals surface area (Å²) in [7, 11) is 0. The molecule has 3 aromatic carbocycles. The van der Waals surface area contributed by atoms with Gasteiger partial charge >= 0.3 is 0 Å². The van der Waals surface area contributed by atoms with Crippen LogP contribution in [0, 0.1) is 5.82 Å². The predicted octanol–water partition coefficient (Wildman–Crippen LogP) is 5.38. The maximum Gasteiger partial charge on any atom is 0.153 e. The van der Waals surface area contributed by atoms with Crippen LogP contribution in [0.4, 0.5) is 10.1 Å². The molecule has 0 aromatic heterocycles. The summed E-state index contributed by atoms with van der Waals surface area (Å²) in [6.07, 6.45) is 0. The third-order valence-electron chi connectivity index (χ3n) is 6.35. The van der Waals surface area contributed by atoms with Gasteiger partial charge in [0.05, 0.1) is 12.6 Å². The molecule has 2 N–H and O–H groups in total. The van der Waals surface area contributed by atoms with Gasteiger partial charge in [0, 0.05) is 36.4 Å². The van der Waals surface area contributed by atoms with E-state index in [0.29, 0.717) is 29.4 Å². The van der Waals surface area contributed by atoms with Crippen molar-refractivity contribution in [1.82, 2.24) is 4.90 Å². The summed E-state index contributed by atoms with van der Waals surface area (Å²) in [6, 6.07) is 22.0. The standard InChI is InChI=1S/C27H29ClFIN2O3/c1-19-16-32(24-10-12-25(13-11-24)35-15-14-33)26(20-2-6-22(28)7-3-20)17-31(19)18-27(30,34)21-4-8-23(29)9-5-21/h2-13,19,26,33-34H,14-18H2,1H3/t19-,26+,27-/m1/s1. The molecule has 0 aliphatic carbocycles. The second-order valence-electron chi connectivity index (χ2n) is 8.83. The molecule has 186 valence electrons. The normalized spacial score (nSPS) is 20.5. The highest BCUT2D eigenvalue weighted by molar-refractivity contribution is 14.1. The second-order valence-corrected chi connectivity index (χ2v) is 11.1. The molecule has 0 spiro atoms. The van der Waals surface area contributed by atoms with Crippen molar-refractivity contribution in [1.29, 1.82) is 0 Å². The third kappa shape index (κ3) is 6.46. The molecule has 5 nitrogen and oxygen atoms in total. The molecule has 0 bridgehead atoms. The quantitative estimate of drug-likeness (QED) is 0.265. The minimum Gasteiger partial charge on any atom is -0.491 e. The Morgan fingerprint density at radius 3 is 2.31 bits per heavy atom. The van der Waals surface area contributed by atoms with Gasteiger partial charge in [-0.05, 0) is 89.2 Å². The number of benzene rings is 3. The van der Waals surface area contributed by atoms with Gasteiger partial charge < -0.3 is 19.8 Å². The van der Waals surface area contributed by atoms with Crippen molar-refractivity contribution in [2.75, 3.05) is 37.7 Å². The minimum atomic E-state index is -1.15. The van der Waals surface area contributed by atoms with E-state index in [2.05, 4.69) is 39.3 Å². The molecule has 35 heavy (non-hydrogen) atoms. The van der Waals surface area contributed by atoms with Gasteiger partial charge in [-0.1, -0.05) is 35.9 Å². The van der Waals surface area contributed by atoms with Crippen LogP contribution in [0.3, 0.4) is 0 Å². The fourth-order valence-corrected chi connectivity index (χ4v) is 5.39. The molecule has 1 heterocycles. The largest absolute Gasteiger partial charge is 0.491 e. The van der Waals surface area contributed by atoms with Crippen molar-refractivity contribution in [2.24, 2.45) is 0 Å². The molecule has 1 fully saturated rings. The summed E-state index contributed by atoms with van der Waals surface area (Å²) >= 11 is 8.22. The molecule has 3 atom stereocenters. The molecule has 0 saturated carbocycles. The first-order valence-corrected chi connectivity index (χ1v) is 13.0. The number of nitrogens with zero attached hydrogens (tertiary/aromatic N) is 2. The number of halogens is 3. The molecular weight excluding hydrogens is 582 g/mol. The number of aliphatic hydroxyl groups excluding tert-OH is 1. The van der Waals surface area contributed by atoms with Gasteiger partial charge in [-0.3, -0.25) is 4.90 Å². The first-order chi connectivity index (χ1) is 16.8. The van der Waals surface area contributed by atoms with Crippen LogP contribution in [0.25, 0.3) is 0 Å². The van der Waals surface area contributed by atoms with Crippen LogP contribution in [0.1, 0.15) is 24.1 Å². The van der Waals surface area contributed by atoms with Crippen LogP contribution in [-0.2, 0) is 3.61 Å². The van der Waals surface area contributed by atoms with E-state index in [9.17, 15) is 9.50 Å². The van der Waals surface area contributed by atoms with E-state index >= 15 is 0 Å². The predicted molar refractivity (Wildman–Crippen MR) is 146 cm³/mol. The van der Waals surface area contributed by atoms with Gasteiger partial charge in [0.15, 0.2) is 3.61 Å². The Morgan fingerprint density at radius 2 is 1.69 bits per heavy atom. The maximum absolute atomic E-state index is 13.4. The fraction of sp³-hybridized carbons (Fsp3) is 0.333. The van der Waals surface area contributed by atoms with E-state index in [-0.39, 0.29) is 31.1 Å². The van der Waals surface area contributed by atoms with Crippen LogP contribution in [0.2, 0.25) is 5.02 Å². The fourth-order valence-electron chi connectivity index (χ4n) is 4.47. The van der Waals surface area contributed by atoms with Gasteiger partial charge in [-0.2, -0.15) is 0 Å². The van der Waals surface area contributed by atoms with Crippen molar-refractivity contribution < 1.29 is 19.3 Å². The van der Waals surface area contributed by atoms with Crippen LogP contribution >= 0.6 is 34.2 Å². The van der Waals surface area contributed by atoms with Gasteiger partial charge in [-0.25, -0.2) is 4.39 Å². The van der Waals surface area contributed by atoms with E-state index in [4.69, 9.17) is 21.4 Å². The van der Waals surface area contributed by atoms with Crippen LogP contribution in [0.15, 0.2) is 72.8 Å². The van der Waals surface area contributed by atoms with Gasteiger partial charge in [-0.15, -0.1) is 0 Å². The number of rotatable bonds is 8.